The van der Waals surface area contributed by atoms with Crippen molar-refractivity contribution >= 4 is 28.3 Å². The van der Waals surface area contributed by atoms with Crippen LogP contribution in [0.1, 0.15) is 64.1 Å². The second-order valence-corrected chi connectivity index (χ2v) is 5.83. The monoisotopic (exact) mass is 297 g/mol. The van der Waals surface area contributed by atoms with Gasteiger partial charge in [0.05, 0.1) is 19.3 Å². The zero-order valence-corrected chi connectivity index (χ0v) is 12.5. The van der Waals surface area contributed by atoms with E-state index < -0.39 is 11.9 Å². The minimum Gasteiger partial charge on any atom is -0.465 e. The average Bonchev–Trinajstić information content (AvgIpc) is 3.04. The summed E-state index contributed by atoms with van der Waals surface area (Å²) in [5.74, 6) is -0.686. The normalized spacial score (nSPS) is 15.3. The number of anilines is 1. The molecule has 1 saturated carbocycles. The Morgan fingerprint density at radius 1 is 1.30 bits per heavy atom. The molecular formula is C14H19NO4S. The zero-order valence-electron chi connectivity index (χ0n) is 11.7. The van der Waals surface area contributed by atoms with Gasteiger partial charge in [0.1, 0.15) is 9.88 Å². The number of carbonyl (C=O) groups is 2. The standard InChI is InChI=1S/C14H19NO4S/c1-3-19-13(16)10-9(8-6-4-5-7-8)11(14(17)18-2)20-12(10)15/h8H,3-7,15H2,1-2H3. The molecule has 0 amide bonds. The predicted molar refractivity (Wildman–Crippen MR) is 77.2 cm³/mol. The Labute approximate surface area is 122 Å². The van der Waals surface area contributed by atoms with E-state index in [9.17, 15) is 9.59 Å². The van der Waals surface area contributed by atoms with Crippen molar-refractivity contribution < 1.29 is 19.1 Å². The van der Waals surface area contributed by atoms with E-state index in [0.29, 0.717) is 15.4 Å². The Hall–Kier alpha value is -1.56. The van der Waals surface area contributed by atoms with Gasteiger partial charge in [-0.1, -0.05) is 12.8 Å². The van der Waals surface area contributed by atoms with Crippen LogP contribution in [0.5, 0.6) is 0 Å². The maximum Gasteiger partial charge on any atom is 0.348 e. The average molecular weight is 297 g/mol. The van der Waals surface area contributed by atoms with Crippen LogP contribution >= 0.6 is 11.3 Å². The highest BCUT2D eigenvalue weighted by Gasteiger charge is 2.33. The van der Waals surface area contributed by atoms with Crippen molar-refractivity contribution in [1.29, 1.82) is 0 Å². The van der Waals surface area contributed by atoms with Crippen LogP contribution in [0.3, 0.4) is 0 Å². The summed E-state index contributed by atoms with van der Waals surface area (Å²) in [7, 11) is 1.33. The summed E-state index contributed by atoms with van der Waals surface area (Å²) in [5, 5.41) is 0.339. The number of rotatable bonds is 4. The number of nitrogens with two attached hydrogens (primary N) is 1. The van der Waals surface area contributed by atoms with E-state index in [-0.39, 0.29) is 12.5 Å². The number of methoxy groups -OCH3 is 1. The molecule has 0 atom stereocenters. The fraction of sp³-hybridized carbons (Fsp3) is 0.571. The molecule has 5 nitrogen and oxygen atoms in total. The van der Waals surface area contributed by atoms with Crippen LogP contribution in [0, 0.1) is 0 Å². The fourth-order valence-corrected chi connectivity index (χ4v) is 3.78. The smallest absolute Gasteiger partial charge is 0.348 e. The van der Waals surface area contributed by atoms with Crippen molar-refractivity contribution in [3.63, 3.8) is 0 Å². The lowest BCUT2D eigenvalue weighted by Gasteiger charge is -2.12. The number of nitrogen functional groups attached to an aromatic ring is 1. The van der Waals surface area contributed by atoms with E-state index in [4.69, 9.17) is 15.2 Å². The predicted octanol–water partition coefficient (Wildman–Crippen LogP) is 2.95. The number of hydrogen-bond acceptors (Lipinski definition) is 6. The minimum absolute atomic E-state index is 0.192. The first-order valence-corrected chi connectivity index (χ1v) is 7.59. The molecule has 0 aliphatic heterocycles. The third-order valence-electron chi connectivity index (χ3n) is 3.59. The summed E-state index contributed by atoms with van der Waals surface area (Å²) in [4.78, 5) is 24.5. The highest BCUT2D eigenvalue weighted by Crippen LogP contribution is 2.43. The highest BCUT2D eigenvalue weighted by atomic mass is 32.1. The van der Waals surface area contributed by atoms with E-state index in [1.165, 1.54) is 7.11 Å². The third-order valence-corrected chi connectivity index (χ3v) is 4.60. The van der Waals surface area contributed by atoms with Crippen molar-refractivity contribution in [2.75, 3.05) is 19.5 Å². The molecule has 0 aromatic carbocycles. The molecule has 1 aromatic heterocycles. The molecule has 20 heavy (non-hydrogen) atoms. The van der Waals surface area contributed by atoms with Gasteiger partial charge in [0.15, 0.2) is 0 Å². The van der Waals surface area contributed by atoms with Crippen molar-refractivity contribution in [3.8, 4) is 0 Å². The molecule has 1 fully saturated rings. The van der Waals surface area contributed by atoms with Gasteiger partial charge >= 0.3 is 11.9 Å². The van der Waals surface area contributed by atoms with Gasteiger partial charge in [-0.3, -0.25) is 0 Å². The number of thiophene rings is 1. The SMILES string of the molecule is CCOC(=O)c1c(N)sc(C(=O)OC)c1C1CCCC1. The van der Waals surface area contributed by atoms with E-state index >= 15 is 0 Å². The van der Waals surface area contributed by atoms with E-state index in [1.807, 2.05) is 0 Å². The summed E-state index contributed by atoms with van der Waals surface area (Å²) in [5.41, 5.74) is 7.04. The quantitative estimate of drug-likeness (QED) is 0.864. The molecule has 0 unspecified atom stereocenters. The van der Waals surface area contributed by atoms with Crippen molar-refractivity contribution in [2.24, 2.45) is 0 Å². The number of hydrogen-bond donors (Lipinski definition) is 1. The van der Waals surface area contributed by atoms with Crippen molar-refractivity contribution in [2.45, 2.75) is 38.5 Å². The minimum atomic E-state index is -0.446. The lowest BCUT2D eigenvalue weighted by Crippen LogP contribution is -2.12. The molecule has 0 radical (unpaired) electrons. The van der Waals surface area contributed by atoms with Crippen LogP contribution < -0.4 is 5.73 Å². The van der Waals surface area contributed by atoms with Crippen LogP contribution in [0.2, 0.25) is 0 Å². The number of carbonyl (C=O) groups excluding carboxylic acids is 2. The van der Waals surface area contributed by atoms with Crippen molar-refractivity contribution in [1.82, 2.24) is 0 Å². The molecule has 0 spiro atoms. The Kier molecular flexibility index (Phi) is 4.65. The molecule has 1 aliphatic rings. The zero-order chi connectivity index (χ0) is 14.7. The van der Waals surface area contributed by atoms with E-state index in [0.717, 1.165) is 42.6 Å². The van der Waals surface area contributed by atoms with Crippen LogP contribution in [0.25, 0.3) is 0 Å². The summed E-state index contributed by atoms with van der Waals surface area (Å²) in [6, 6.07) is 0. The maximum absolute atomic E-state index is 12.1. The fourth-order valence-electron chi connectivity index (χ4n) is 2.72. The van der Waals surface area contributed by atoms with Crippen LogP contribution in [0.4, 0.5) is 5.00 Å². The molecule has 1 heterocycles. The highest BCUT2D eigenvalue weighted by molar-refractivity contribution is 7.18. The van der Waals surface area contributed by atoms with Crippen LogP contribution in [-0.4, -0.2) is 25.7 Å². The van der Waals surface area contributed by atoms with E-state index in [1.54, 1.807) is 6.92 Å². The first-order chi connectivity index (χ1) is 9.60. The molecule has 2 rings (SSSR count). The lowest BCUT2D eigenvalue weighted by molar-refractivity contribution is 0.0526. The van der Waals surface area contributed by atoms with Gasteiger partial charge in [-0.15, -0.1) is 11.3 Å². The summed E-state index contributed by atoms with van der Waals surface area (Å²) >= 11 is 1.12. The third kappa shape index (κ3) is 2.65. The van der Waals surface area contributed by atoms with Gasteiger partial charge < -0.3 is 15.2 Å². The van der Waals surface area contributed by atoms with Gasteiger partial charge in [-0.05, 0) is 31.2 Å². The lowest BCUT2D eigenvalue weighted by atomic mass is 9.93. The maximum atomic E-state index is 12.1. The number of ether oxygens (including phenoxy) is 2. The summed E-state index contributed by atoms with van der Waals surface area (Å²) in [6.45, 7) is 2.03. The molecule has 110 valence electrons. The molecule has 0 bridgehead atoms. The largest absolute Gasteiger partial charge is 0.465 e. The molecule has 6 heteroatoms. The summed E-state index contributed by atoms with van der Waals surface area (Å²) < 4.78 is 9.88. The van der Waals surface area contributed by atoms with Gasteiger partial charge in [-0.2, -0.15) is 0 Å². The number of esters is 2. The Morgan fingerprint density at radius 3 is 2.50 bits per heavy atom. The van der Waals surface area contributed by atoms with Gasteiger partial charge in [-0.25, -0.2) is 9.59 Å². The Balaban J connectivity index is 2.51. The van der Waals surface area contributed by atoms with Crippen LogP contribution in [0.15, 0.2) is 0 Å². The molecule has 1 aliphatic carbocycles. The van der Waals surface area contributed by atoms with Gasteiger partial charge in [0, 0.05) is 0 Å². The molecule has 1 aromatic rings. The first kappa shape index (κ1) is 14.8. The van der Waals surface area contributed by atoms with Crippen molar-refractivity contribution in [3.05, 3.63) is 16.0 Å². The second kappa shape index (κ2) is 6.26. The molecule has 0 saturated heterocycles. The van der Waals surface area contributed by atoms with E-state index in [2.05, 4.69) is 0 Å². The first-order valence-electron chi connectivity index (χ1n) is 6.77. The second-order valence-electron chi connectivity index (χ2n) is 4.78. The summed E-state index contributed by atoms with van der Waals surface area (Å²) in [6.07, 6.45) is 4.13. The Morgan fingerprint density at radius 2 is 1.95 bits per heavy atom. The molecular weight excluding hydrogens is 278 g/mol. The van der Waals surface area contributed by atoms with Gasteiger partial charge in [0.2, 0.25) is 0 Å². The topological polar surface area (TPSA) is 78.6 Å². The molecule has 2 N–H and O–H groups in total. The Bertz CT molecular complexity index is 517. The van der Waals surface area contributed by atoms with Crippen LogP contribution in [-0.2, 0) is 9.47 Å². The van der Waals surface area contributed by atoms with Gasteiger partial charge in [0.25, 0.3) is 0 Å².